The van der Waals surface area contributed by atoms with Crippen molar-refractivity contribution in [2.24, 2.45) is 5.92 Å². The summed E-state index contributed by atoms with van der Waals surface area (Å²) in [6, 6.07) is 1.99. The second-order valence-electron chi connectivity index (χ2n) is 6.46. The van der Waals surface area contributed by atoms with Crippen molar-refractivity contribution in [1.29, 1.82) is 0 Å². The zero-order valence-corrected chi connectivity index (χ0v) is 17.2. The van der Waals surface area contributed by atoms with E-state index in [0.29, 0.717) is 31.2 Å². The van der Waals surface area contributed by atoms with E-state index in [2.05, 4.69) is 34.8 Å². The molecule has 0 aliphatic rings. The van der Waals surface area contributed by atoms with Gasteiger partial charge in [-0.15, -0.1) is 11.3 Å². The van der Waals surface area contributed by atoms with E-state index in [4.69, 9.17) is 5.73 Å². The summed E-state index contributed by atoms with van der Waals surface area (Å²) in [5, 5.41) is 2.00. The van der Waals surface area contributed by atoms with Gasteiger partial charge in [0.15, 0.2) is 0 Å². The minimum absolute atomic E-state index is 0.246. The van der Waals surface area contributed by atoms with E-state index in [9.17, 15) is 9.59 Å². The summed E-state index contributed by atoms with van der Waals surface area (Å²) in [5.74, 6) is 0.587. The molecule has 0 aliphatic heterocycles. The second kappa shape index (κ2) is 8.71. The number of thiophene rings is 1. The maximum absolute atomic E-state index is 12.5. The summed E-state index contributed by atoms with van der Waals surface area (Å²) >= 11 is 5.16. The van der Waals surface area contributed by atoms with Crippen molar-refractivity contribution in [3.8, 4) is 0 Å². The van der Waals surface area contributed by atoms with Crippen LogP contribution in [0, 0.1) is 5.92 Å². The number of nitrogens with two attached hydrogens (primary N) is 1. The fourth-order valence-corrected chi connectivity index (χ4v) is 4.20. The minimum Gasteiger partial charge on any atom is -0.383 e. The van der Waals surface area contributed by atoms with Gasteiger partial charge in [-0.25, -0.2) is 4.79 Å². The number of aromatic amines is 1. The number of hydrogen-bond donors (Lipinski definition) is 2. The smallest absolute Gasteiger partial charge is 0.330 e. The highest BCUT2D eigenvalue weighted by Gasteiger charge is 2.21. The van der Waals surface area contributed by atoms with Crippen molar-refractivity contribution in [1.82, 2.24) is 9.55 Å². The van der Waals surface area contributed by atoms with Crippen LogP contribution < -0.4 is 21.9 Å². The molecule has 0 radical (unpaired) electrons. The fourth-order valence-electron chi connectivity index (χ4n) is 2.71. The standard InChI is InChI=1S/C17H25BrN4O2S/c1-4-5-7-22-15(19)14(16(23)20-17(22)24)21(9-11(2)3)10-13-12(18)6-8-25-13/h6,8,11H,4-5,7,9-10,19H2,1-3H3,(H,20,23,24). The van der Waals surface area contributed by atoms with Gasteiger partial charge in [0.1, 0.15) is 11.5 Å². The highest BCUT2D eigenvalue weighted by Crippen LogP contribution is 2.27. The molecule has 0 aromatic carbocycles. The first-order valence-corrected chi connectivity index (χ1v) is 10.1. The number of nitrogens with zero attached hydrogens (tertiary/aromatic N) is 2. The molecular formula is C17H25BrN4O2S. The largest absolute Gasteiger partial charge is 0.383 e. The van der Waals surface area contributed by atoms with Gasteiger partial charge in [-0.05, 0) is 39.7 Å². The predicted octanol–water partition coefficient (Wildman–Crippen LogP) is 3.41. The lowest BCUT2D eigenvalue weighted by molar-refractivity contribution is 0.587. The number of nitrogen functional groups attached to an aromatic ring is 1. The summed E-state index contributed by atoms with van der Waals surface area (Å²) in [4.78, 5) is 30.2. The maximum Gasteiger partial charge on any atom is 0.330 e. The number of anilines is 2. The van der Waals surface area contributed by atoms with E-state index in [-0.39, 0.29) is 5.82 Å². The third-order valence-electron chi connectivity index (χ3n) is 3.88. The Bertz CT molecular complexity index is 825. The molecule has 138 valence electrons. The van der Waals surface area contributed by atoms with Crippen molar-refractivity contribution in [2.45, 2.75) is 46.7 Å². The van der Waals surface area contributed by atoms with Gasteiger partial charge < -0.3 is 10.6 Å². The Morgan fingerprint density at radius 1 is 1.40 bits per heavy atom. The number of aromatic nitrogens is 2. The zero-order chi connectivity index (χ0) is 18.6. The highest BCUT2D eigenvalue weighted by molar-refractivity contribution is 9.10. The van der Waals surface area contributed by atoms with Gasteiger partial charge in [0.2, 0.25) is 0 Å². The number of halogens is 1. The molecule has 0 bridgehead atoms. The molecule has 2 rings (SSSR count). The van der Waals surface area contributed by atoms with E-state index in [1.807, 2.05) is 23.3 Å². The van der Waals surface area contributed by atoms with Crippen LogP contribution in [0.2, 0.25) is 0 Å². The van der Waals surface area contributed by atoms with E-state index in [1.54, 1.807) is 11.3 Å². The molecule has 25 heavy (non-hydrogen) atoms. The molecule has 6 nitrogen and oxygen atoms in total. The van der Waals surface area contributed by atoms with Crippen LogP contribution in [0.5, 0.6) is 0 Å². The Morgan fingerprint density at radius 3 is 2.68 bits per heavy atom. The SMILES string of the molecule is CCCCn1c(N)c(N(Cc2sccc2Br)CC(C)C)c(=O)[nH]c1=O. The molecule has 0 saturated heterocycles. The Hall–Kier alpha value is -1.54. The summed E-state index contributed by atoms with van der Waals surface area (Å²) < 4.78 is 2.48. The number of H-pyrrole nitrogens is 1. The Balaban J connectivity index is 2.50. The van der Waals surface area contributed by atoms with Crippen LogP contribution in [0.3, 0.4) is 0 Å². The summed E-state index contributed by atoms with van der Waals surface area (Å²) in [6.07, 6.45) is 1.77. The molecule has 3 N–H and O–H groups in total. The summed E-state index contributed by atoms with van der Waals surface area (Å²) in [6.45, 7) is 7.97. The van der Waals surface area contributed by atoms with Crippen LogP contribution in [0.4, 0.5) is 11.5 Å². The molecule has 0 saturated carbocycles. The van der Waals surface area contributed by atoms with Gasteiger partial charge in [-0.1, -0.05) is 27.2 Å². The number of unbranched alkanes of at least 4 members (excludes halogenated alkanes) is 1. The minimum atomic E-state index is -0.443. The Morgan fingerprint density at radius 2 is 2.12 bits per heavy atom. The quantitative estimate of drug-likeness (QED) is 0.674. The molecule has 0 atom stereocenters. The summed E-state index contributed by atoms with van der Waals surface area (Å²) in [7, 11) is 0. The maximum atomic E-state index is 12.5. The number of rotatable bonds is 8. The van der Waals surface area contributed by atoms with Crippen molar-refractivity contribution < 1.29 is 0 Å². The van der Waals surface area contributed by atoms with E-state index in [0.717, 1.165) is 22.2 Å². The van der Waals surface area contributed by atoms with Crippen molar-refractivity contribution in [3.63, 3.8) is 0 Å². The van der Waals surface area contributed by atoms with Gasteiger partial charge >= 0.3 is 5.69 Å². The van der Waals surface area contributed by atoms with Gasteiger partial charge in [0.25, 0.3) is 5.56 Å². The van der Waals surface area contributed by atoms with Crippen molar-refractivity contribution in [2.75, 3.05) is 17.2 Å². The predicted molar refractivity (Wildman–Crippen MR) is 109 cm³/mol. The average molecular weight is 429 g/mol. The van der Waals surface area contributed by atoms with Crippen LogP contribution in [-0.2, 0) is 13.1 Å². The lowest BCUT2D eigenvalue weighted by Gasteiger charge is -2.27. The Labute approximate surface area is 159 Å². The molecule has 2 aromatic heterocycles. The third-order valence-corrected chi connectivity index (χ3v) is 5.79. The van der Waals surface area contributed by atoms with Gasteiger partial charge in [0.05, 0.1) is 6.54 Å². The molecule has 0 fully saturated rings. The Kier molecular flexibility index (Phi) is 6.89. The van der Waals surface area contributed by atoms with E-state index < -0.39 is 11.2 Å². The first kappa shape index (κ1) is 19.8. The van der Waals surface area contributed by atoms with E-state index in [1.165, 1.54) is 4.57 Å². The lowest BCUT2D eigenvalue weighted by atomic mass is 10.2. The normalized spacial score (nSPS) is 11.2. The average Bonchev–Trinajstić information content (AvgIpc) is 2.91. The number of hydrogen-bond acceptors (Lipinski definition) is 5. The molecule has 0 aliphatic carbocycles. The zero-order valence-electron chi connectivity index (χ0n) is 14.8. The van der Waals surface area contributed by atoms with Gasteiger partial charge in [0, 0.05) is 22.4 Å². The number of nitrogens with one attached hydrogen (secondary N) is 1. The van der Waals surface area contributed by atoms with Crippen LogP contribution >= 0.6 is 27.3 Å². The van der Waals surface area contributed by atoms with Gasteiger partial charge in [-0.3, -0.25) is 14.3 Å². The van der Waals surface area contributed by atoms with Gasteiger partial charge in [-0.2, -0.15) is 0 Å². The van der Waals surface area contributed by atoms with Crippen LogP contribution in [0.1, 0.15) is 38.5 Å². The molecular weight excluding hydrogens is 404 g/mol. The van der Waals surface area contributed by atoms with Crippen LogP contribution in [0.25, 0.3) is 0 Å². The van der Waals surface area contributed by atoms with Crippen molar-refractivity contribution >= 4 is 38.8 Å². The molecule has 2 aromatic rings. The molecule has 0 amide bonds. The fraction of sp³-hybridized carbons (Fsp3) is 0.529. The van der Waals surface area contributed by atoms with Crippen LogP contribution in [0.15, 0.2) is 25.5 Å². The first-order chi connectivity index (χ1) is 11.8. The third kappa shape index (κ3) is 4.76. The first-order valence-electron chi connectivity index (χ1n) is 8.44. The molecule has 0 spiro atoms. The van der Waals surface area contributed by atoms with Crippen LogP contribution in [-0.4, -0.2) is 16.1 Å². The second-order valence-corrected chi connectivity index (χ2v) is 8.32. The highest BCUT2D eigenvalue weighted by atomic mass is 79.9. The van der Waals surface area contributed by atoms with E-state index >= 15 is 0 Å². The van der Waals surface area contributed by atoms with Crippen molar-refractivity contribution in [3.05, 3.63) is 41.6 Å². The molecule has 0 unspecified atom stereocenters. The lowest BCUT2D eigenvalue weighted by Crippen LogP contribution is -2.39. The topological polar surface area (TPSA) is 84.1 Å². The monoisotopic (exact) mass is 428 g/mol. The molecule has 2 heterocycles. The molecule has 8 heteroatoms. The summed E-state index contributed by atoms with van der Waals surface area (Å²) in [5.41, 5.74) is 5.77.